The third-order valence-electron chi connectivity index (χ3n) is 4.06. The molecular weight excluding hydrogens is 401 g/mol. The number of nitrogens with zero attached hydrogens (tertiary/aromatic N) is 3. The monoisotopic (exact) mass is 417 g/mol. The fourth-order valence-electron chi connectivity index (χ4n) is 2.65. The Kier molecular flexibility index (Phi) is 5.18. The van der Waals surface area contributed by atoms with Crippen LogP contribution in [0.2, 0.25) is 0 Å². The molecule has 0 unspecified atom stereocenters. The van der Waals surface area contributed by atoms with E-state index in [1.807, 2.05) is 13.0 Å². The molecular formula is C19H17BrFN3O2. The lowest BCUT2D eigenvalue weighted by atomic mass is 10.1. The molecule has 1 aromatic carbocycles. The molecule has 1 amide bonds. The van der Waals surface area contributed by atoms with Crippen molar-refractivity contribution in [2.24, 2.45) is 0 Å². The summed E-state index contributed by atoms with van der Waals surface area (Å²) >= 11 is 3.12. The minimum atomic E-state index is -0.438. The van der Waals surface area contributed by atoms with Crippen LogP contribution in [0, 0.1) is 12.7 Å². The Bertz CT molecular complexity index is 1050. The van der Waals surface area contributed by atoms with Crippen LogP contribution in [0.25, 0.3) is 5.65 Å². The number of hydrogen-bond donors (Lipinski definition) is 0. The number of carbonyl (C=O) groups is 1. The second-order valence-corrected chi connectivity index (χ2v) is 7.01. The smallest absolute Gasteiger partial charge is 0.258 e. The summed E-state index contributed by atoms with van der Waals surface area (Å²) in [6.45, 7) is 2.07. The highest BCUT2D eigenvalue weighted by Gasteiger charge is 2.15. The van der Waals surface area contributed by atoms with Gasteiger partial charge in [0.2, 0.25) is 5.91 Å². The van der Waals surface area contributed by atoms with Gasteiger partial charge in [0.05, 0.1) is 23.1 Å². The lowest BCUT2D eigenvalue weighted by Gasteiger charge is -2.17. The van der Waals surface area contributed by atoms with E-state index in [0.717, 1.165) is 5.56 Å². The van der Waals surface area contributed by atoms with Crippen LogP contribution < -0.4 is 5.56 Å². The van der Waals surface area contributed by atoms with Crippen molar-refractivity contribution < 1.29 is 9.18 Å². The van der Waals surface area contributed by atoms with Gasteiger partial charge in [0.1, 0.15) is 11.5 Å². The summed E-state index contributed by atoms with van der Waals surface area (Å²) in [6.07, 6.45) is 1.66. The Morgan fingerprint density at radius 3 is 2.85 bits per heavy atom. The normalized spacial score (nSPS) is 10.9. The molecule has 0 aliphatic carbocycles. The third kappa shape index (κ3) is 3.83. The van der Waals surface area contributed by atoms with Crippen molar-refractivity contribution in [3.63, 3.8) is 0 Å². The molecule has 2 aromatic heterocycles. The van der Waals surface area contributed by atoms with E-state index in [-0.39, 0.29) is 24.4 Å². The van der Waals surface area contributed by atoms with Gasteiger partial charge in [-0.3, -0.25) is 14.0 Å². The number of rotatable bonds is 4. The van der Waals surface area contributed by atoms with E-state index >= 15 is 0 Å². The minimum Gasteiger partial charge on any atom is -0.340 e. The van der Waals surface area contributed by atoms with Crippen LogP contribution in [0.3, 0.4) is 0 Å². The molecule has 2 heterocycles. The van der Waals surface area contributed by atoms with Crippen LogP contribution in [0.4, 0.5) is 4.39 Å². The number of amides is 1. The fraction of sp³-hybridized carbons (Fsp3) is 0.211. The van der Waals surface area contributed by atoms with Gasteiger partial charge >= 0.3 is 0 Å². The van der Waals surface area contributed by atoms with Gasteiger partial charge in [-0.1, -0.05) is 18.2 Å². The molecule has 0 saturated heterocycles. The molecule has 0 fully saturated rings. The zero-order chi connectivity index (χ0) is 18.8. The van der Waals surface area contributed by atoms with Gasteiger partial charge < -0.3 is 4.90 Å². The number of pyridine rings is 1. The van der Waals surface area contributed by atoms with Gasteiger partial charge in [-0.05, 0) is 46.1 Å². The number of benzene rings is 1. The van der Waals surface area contributed by atoms with Crippen LogP contribution in [-0.4, -0.2) is 27.2 Å². The summed E-state index contributed by atoms with van der Waals surface area (Å²) in [5.41, 5.74) is 2.09. The highest BCUT2D eigenvalue weighted by molar-refractivity contribution is 9.10. The Morgan fingerprint density at radius 1 is 1.31 bits per heavy atom. The minimum absolute atomic E-state index is 0.0620. The molecule has 3 aromatic rings. The lowest BCUT2D eigenvalue weighted by Crippen LogP contribution is -2.29. The zero-order valence-corrected chi connectivity index (χ0v) is 16.0. The van der Waals surface area contributed by atoms with Crippen molar-refractivity contribution >= 4 is 27.5 Å². The molecule has 0 N–H and O–H groups in total. The number of aromatic nitrogens is 2. The van der Waals surface area contributed by atoms with Gasteiger partial charge in [-0.25, -0.2) is 9.37 Å². The number of halogens is 2. The number of carbonyl (C=O) groups excluding carboxylic acids is 1. The first-order valence-corrected chi connectivity index (χ1v) is 8.80. The summed E-state index contributed by atoms with van der Waals surface area (Å²) in [4.78, 5) is 30.5. The van der Waals surface area contributed by atoms with E-state index < -0.39 is 5.82 Å². The van der Waals surface area contributed by atoms with E-state index in [1.54, 1.807) is 37.5 Å². The van der Waals surface area contributed by atoms with Gasteiger partial charge in [-0.15, -0.1) is 0 Å². The maximum absolute atomic E-state index is 14.0. The molecule has 0 bridgehead atoms. The predicted octanol–water partition coefficient (Wildman–Crippen LogP) is 3.11. The molecule has 0 atom stereocenters. The first kappa shape index (κ1) is 18.3. The van der Waals surface area contributed by atoms with E-state index in [2.05, 4.69) is 20.9 Å². The quantitative estimate of drug-likeness (QED) is 0.655. The second-order valence-electron chi connectivity index (χ2n) is 6.16. The van der Waals surface area contributed by atoms with Crippen LogP contribution in [0.15, 0.2) is 51.9 Å². The number of hydrogen-bond acceptors (Lipinski definition) is 3. The van der Waals surface area contributed by atoms with E-state index in [4.69, 9.17) is 0 Å². The van der Waals surface area contributed by atoms with Gasteiger partial charge in [0, 0.05) is 19.3 Å². The molecule has 0 radical (unpaired) electrons. The first-order valence-electron chi connectivity index (χ1n) is 8.01. The maximum atomic E-state index is 14.0. The average molecular weight is 418 g/mol. The summed E-state index contributed by atoms with van der Waals surface area (Å²) in [5, 5.41) is 0. The topological polar surface area (TPSA) is 54.7 Å². The van der Waals surface area contributed by atoms with Crippen molar-refractivity contribution in [1.29, 1.82) is 0 Å². The van der Waals surface area contributed by atoms with Crippen LogP contribution >= 0.6 is 15.9 Å². The molecule has 0 spiro atoms. The molecule has 3 rings (SSSR count). The standard InChI is InChI=1S/C19H17BrFN3O2/c1-12-6-7-16-22-14(9-18(26)24(16)10-12)11-23(2)17(25)8-13-4-3-5-15(20)19(13)21/h3-7,9-10H,8,11H2,1-2H3. The average Bonchev–Trinajstić information content (AvgIpc) is 2.59. The van der Waals surface area contributed by atoms with Gasteiger partial charge in [0.15, 0.2) is 0 Å². The van der Waals surface area contributed by atoms with Crippen LogP contribution in [0.1, 0.15) is 16.8 Å². The molecule has 5 nitrogen and oxygen atoms in total. The lowest BCUT2D eigenvalue weighted by molar-refractivity contribution is -0.129. The second kappa shape index (κ2) is 7.37. The SMILES string of the molecule is Cc1ccc2nc(CN(C)C(=O)Cc3cccc(Br)c3F)cc(=O)n2c1. The molecule has 134 valence electrons. The molecule has 0 aliphatic rings. The number of fused-ring (bicyclic) bond motifs is 1. The summed E-state index contributed by atoms with van der Waals surface area (Å²) in [7, 11) is 1.61. The largest absolute Gasteiger partial charge is 0.340 e. The Morgan fingerprint density at radius 2 is 2.08 bits per heavy atom. The summed E-state index contributed by atoms with van der Waals surface area (Å²) in [6, 6.07) is 9.89. The summed E-state index contributed by atoms with van der Waals surface area (Å²) < 4.78 is 15.8. The maximum Gasteiger partial charge on any atom is 0.258 e. The summed E-state index contributed by atoms with van der Waals surface area (Å²) in [5.74, 6) is -0.695. The van der Waals surface area contributed by atoms with Crippen molar-refractivity contribution in [2.75, 3.05) is 7.05 Å². The van der Waals surface area contributed by atoms with Gasteiger partial charge in [0.25, 0.3) is 5.56 Å². The molecule has 26 heavy (non-hydrogen) atoms. The Hall–Kier alpha value is -2.54. The van der Waals surface area contributed by atoms with Gasteiger partial charge in [-0.2, -0.15) is 0 Å². The molecule has 0 saturated carbocycles. The van der Waals surface area contributed by atoms with Crippen molar-refractivity contribution in [1.82, 2.24) is 14.3 Å². The predicted molar refractivity (Wildman–Crippen MR) is 100 cm³/mol. The van der Waals surface area contributed by atoms with E-state index in [1.165, 1.54) is 15.4 Å². The Balaban J connectivity index is 1.79. The number of likely N-dealkylation sites (N-methyl/N-ethyl adjacent to an activating group) is 1. The third-order valence-corrected chi connectivity index (χ3v) is 4.67. The van der Waals surface area contributed by atoms with Crippen molar-refractivity contribution in [2.45, 2.75) is 19.9 Å². The fourth-order valence-corrected chi connectivity index (χ4v) is 3.06. The van der Waals surface area contributed by atoms with Crippen LogP contribution in [-0.2, 0) is 17.8 Å². The highest BCUT2D eigenvalue weighted by Crippen LogP contribution is 2.19. The number of aryl methyl sites for hydroxylation is 1. The zero-order valence-electron chi connectivity index (χ0n) is 14.4. The van der Waals surface area contributed by atoms with E-state index in [0.29, 0.717) is 21.4 Å². The van der Waals surface area contributed by atoms with Crippen molar-refractivity contribution in [3.05, 3.63) is 80.1 Å². The van der Waals surface area contributed by atoms with Crippen LogP contribution in [0.5, 0.6) is 0 Å². The first-order chi connectivity index (χ1) is 12.3. The molecule has 0 aliphatic heterocycles. The van der Waals surface area contributed by atoms with Crippen molar-refractivity contribution in [3.8, 4) is 0 Å². The molecule has 7 heteroatoms. The van der Waals surface area contributed by atoms with E-state index in [9.17, 15) is 14.0 Å². The highest BCUT2D eigenvalue weighted by atomic mass is 79.9. The Labute approximate surface area is 158 Å².